The second-order valence-corrected chi connectivity index (χ2v) is 5.88. The topological polar surface area (TPSA) is 49.4 Å². The number of rotatable bonds is 4. The summed E-state index contributed by atoms with van der Waals surface area (Å²) in [5.41, 5.74) is 0. The van der Waals surface area contributed by atoms with Crippen molar-refractivity contribution in [2.24, 2.45) is 5.92 Å². The molecule has 0 aromatic carbocycles. The number of hydrogen-bond donors (Lipinski definition) is 1. The van der Waals surface area contributed by atoms with Crippen LogP contribution in [0.25, 0.3) is 0 Å². The van der Waals surface area contributed by atoms with Gasteiger partial charge in [0.25, 0.3) is 0 Å². The van der Waals surface area contributed by atoms with Crippen LogP contribution in [0.2, 0.25) is 0 Å². The monoisotopic (exact) mass is 276 g/mol. The van der Waals surface area contributed by atoms with Crippen molar-refractivity contribution in [1.82, 2.24) is 10.2 Å². The van der Waals surface area contributed by atoms with Gasteiger partial charge in [-0.3, -0.25) is 9.59 Å². The normalized spacial score (nSPS) is 26.0. The molecule has 0 radical (unpaired) electrons. The summed E-state index contributed by atoms with van der Waals surface area (Å²) < 4.78 is 0. The minimum Gasteiger partial charge on any atom is -0.342 e. The van der Waals surface area contributed by atoms with Gasteiger partial charge in [-0.05, 0) is 25.2 Å². The second-order valence-electron chi connectivity index (χ2n) is 5.88. The fourth-order valence-electron chi connectivity index (χ4n) is 3.40. The van der Waals surface area contributed by atoms with Crippen molar-refractivity contribution in [3.63, 3.8) is 0 Å². The highest BCUT2D eigenvalue weighted by Gasteiger charge is 2.40. The Kier molecular flexibility index (Phi) is 5.05. The zero-order valence-electron chi connectivity index (χ0n) is 12.2. The maximum absolute atomic E-state index is 12.7. The van der Waals surface area contributed by atoms with E-state index in [-0.39, 0.29) is 30.4 Å². The molecule has 1 aliphatic heterocycles. The van der Waals surface area contributed by atoms with E-state index in [4.69, 9.17) is 6.42 Å². The van der Waals surface area contributed by atoms with Gasteiger partial charge in [-0.15, -0.1) is 12.3 Å². The molecule has 110 valence electrons. The standard InChI is InChI=1S/C16H24N2O2/c1-3-8-13(4-2)18-11-14(19)17-15(16(18)20)12-9-6-5-7-10-12/h1,12-13,15H,4-11H2,2H3,(H,17,19). The van der Waals surface area contributed by atoms with Gasteiger partial charge in [0.1, 0.15) is 6.04 Å². The van der Waals surface area contributed by atoms with E-state index in [2.05, 4.69) is 11.2 Å². The van der Waals surface area contributed by atoms with Crippen molar-refractivity contribution in [3.05, 3.63) is 0 Å². The van der Waals surface area contributed by atoms with Gasteiger partial charge in [0.2, 0.25) is 11.8 Å². The Morgan fingerprint density at radius 2 is 2.05 bits per heavy atom. The molecule has 4 nitrogen and oxygen atoms in total. The minimum atomic E-state index is -0.330. The number of nitrogens with one attached hydrogen (secondary N) is 1. The van der Waals surface area contributed by atoms with Crippen LogP contribution < -0.4 is 5.32 Å². The van der Waals surface area contributed by atoms with Crippen LogP contribution in [0.1, 0.15) is 51.9 Å². The predicted molar refractivity (Wildman–Crippen MR) is 77.7 cm³/mol. The SMILES string of the molecule is C#CCC(CC)N1CC(=O)NC(C2CCCCC2)C1=O. The fraction of sp³-hybridized carbons (Fsp3) is 0.750. The van der Waals surface area contributed by atoms with Gasteiger partial charge >= 0.3 is 0 Å². The van der Waals surface area contributed by atoms with Crippen LogP contribution >= 0.6 is 0 Å². The highest BCUT2D eigenvalue weighted by Crippen LogP contribution is 2.29. The first-order valence-electron chi connectivity index (χ1n) is 7.70. The van der Waals surface area contributed by atoms with Crippen molar-refractivity contribution in [3.8, 4) is 12.3 Å². The van der Waals surface area contributed by atoms with Gasteiger partial charge < -0.3 is 10.2 Å². The van der Waals surface area contributed by atoms with Crippen LogP contribution in [-0.2, 0) is 9.59 Å². The quantitative estimate of drug-likeness (QED) is 0.795. The van der Waals surface area contributed by atoms with Crippen LogP contribution in [0.15, 0.2) is 0 Å². The zero-order chi connectivity index (χ0) is 14.5. The van der Waals surface area contributed by atoms with E-state index < -0.39 is 0 Å². The Morgan fingerprint density at radius 1 is 1.35 bits per heavy atom. The molecule has 4 heteroatoms. The molecule has 0 aromatic rings. The highest BCUT2D eigenvalue weighted by atomic mass is 16.2. The third kappa shape index (κ3) is 3.15. The molecule has 2 atom stereocenters. The molecule has 0 spiro atoms. The molecule has 2 unspecified atom stereocenters. The van der Waals surface area contributed by atoms with Crippen molar-refractivity contribution < 1.29 is 9.59 Å². The number of piperazine rings is 1. The van der Waals surface area contributed by atoms with Crippen LogP contribution in [0.4, 0.5) is 0 Å². The molecular formula is C16H24N2O2. The van der Waals surface area contributed by atoms with E-state index in [9.17, 15) is 9.59 Å². The lowest BCUT2D eigenvalue weighted by Crippen LogP contribution is -2.62. The summed E-state index contributed by atoms with van der Waals surface area (Å²) in [5, 5.41) is 2.91. The third-order valence-electron chi connectivity index (χ3n) is 4.57. The third-order valence-corrected chi connectivity index (χ3v) is 4.57. The highest BCUT2D eigenvalue weighted by molar-refractivity contribution is 5.95. The molecule has 1 N–H and O–H groups in total. The molecule has 0 aromatic heterocycles. The van der Waals surface area contributed by atoms with E-state index in [1.807, 2.05) is 6.92 Å². The van der Waals surface area contributed by atoms with Crippen LogP contribution in [0.5, 0.6) is 0 Å². The number of terminal acetylenes is 1. The van der Waals surface area contributed by atoms with Gasteiger partial charge in [-0.25, -0.2) is 0 Å². The minimum absolute atomic E-state index is 0.00959. The summed E-state index contributed by atoms with van der Waals surface area (Å²) in [7, 11) is 0. The van der Waals surface area contributed by atoms with E-state index in [0.29, 0.717) is 12.3 Å². The summed E-state index contributed by atoms with van der Waals surface area (Å²) in [5.74, 6) is 2.94. The average Bonchev–Trinajstić information content (AvgIpc) is 2.48. The van der Waals surface area contributed by atoms with Gasteiger partial charge in [0, 0.05) is 12.5 Å². The lowest BCUT2D eigenvalue weighted by Gasteiger charge is -2.40. The Hall–Kier alpha value is -1.50. The first kappa shape index (κ1) is 14.9. The Bertz CT molecular complexity index is 407. The number of nitrogens with zero attached hydrogens (tertiary/aromatic N) is 1. The van der Waals surface area contributed by atoms with Gasteiger partial charge in [0.05, 0.1) is 6.54 Å². The first-order chi connectivity index (χ1) is 9.67. The maximum Gasteiger partial charge on any atom is 0.246 e. The number of carbonyl (C=O) groups excluding carboxylic acids is 2. The lowest BCUT2D eigenvalue weighted by molar-refractivity contribution is -0.148. The van der Waals surface area contributed by atoms with Crippen molar-refractivity contribution >= 4 is 11.8 Å². The molecule has 20 heavy (non-hydrogen) atoms. The largest absolute Gasteiger partial charge is 0.342 e. The Balaban J connectivity index is 2.12. The van der Waals surface area contributed by atoms with Crippen LogP contribution in [-0.4, -0.2) is 35.3 Å². The van der Waals surface area contributed by atoms with Crippen LogP contribution in [0, 0.1) is 18.3 Å². The van der Waals surface area contributed by atoms with E-state index in [1.165, 1.54) is 6.42 Å². The summed E-state index contributed by atoms with van der Waals surface area (Å²) in [6.45, 7) is 2.17. The summed E-state index contributed by atoms with van der Waals surface area (Å²) in [6.07, 6.45) is 12.3. The molecule has 0 bridgehead atoms. The Labute approximate surface area is 121 Å². The number of carbonyl (C=O) groups is 2. The predicted octanol–water partition coefficient (Wildman–Crippen LogP) is 1.70. The van der Waals surface area contributed by atoms with Crippen molar-refractivity contribution in [2.45, 2.75) is 64.0 Å². The first-order valence-corrected chi connectivity index (χ1v) is 7.70. The number of hydrogen-bond acceptors (Lipinski definition) is 2. The molecule has 1 heterocycles. The average molecular weight is 276 g/mol. The maximum atomic E-state index is 12.7. The van der Waals surface area contributed by atoms with Gasteiger partial charge in [-0.2, -0.15) is 0 Å². The van der Waals surface area contributed by atoms with E-state index >= 15 is 0 Å². The molecule has 2 fully saturated rings. The van der Waals surface area contributed by atoms with Crippen molar-refractivity contribution in [2.75, 3.05) is 6.54 Å². The molecule has 2 aliphatic rings. The second kappa shape index (κ2) is 6.78. The number of amides is 2. The summed E-state index contributed by atoms with van der Waals surface area (Å²) in [6, 6.07) is -0.340. The fourth-order valence-corrected chi connectivity index (χ4v) is 3.40. The van der Waals surface area contributed by atoms with E-state index in [1.54, 1.807) is 4.90 Å². The molecule has 1 saturated heterocycles. The summed E-state index contributed by atoms with van der Waals surface area (Å²) >= 11 is 0. The molecule has 1 aliphatic carbocycles. The van der Waals surface area contributed by atoms with Crippen molar-refractivity contribution in [1.29, 1.82) is 0 Å². The van der Waals surface area contributed by atoms with Crippen LogP contribution in [0.3, 0.4) is 0 Å². The van der Waals surface area contributed by atoms with E-state index in [0.717, 1.165) is 32.1 Å². The lowest BCUT2D eigenvalue weighted by atomic mass is 9.82. The smallest absolute Gasteiger partial charge is 0.246 e. The Morgan fingerprint density at radius 3 is 2.65 bits per heavy atom. The molecule has 2 rings (SSSR count). The molecule has 2 amide bonds. The zero-order valence-corrected chi connectivity index (χ0v) is 12.2. The summed E-state index contributed by atoms with van der Waals surface area (Å²) in [4.78, 5) is 26.3. The van der Waals surface area contributed by atoms with Gasteiger partial charge in [-0.1, -0.05) is 26.2 Å². The molecule has 1 saturated carbocycles. The van der Waals surface area contributed by atoms with Gasteiger partial charge in [0.15, 0.2) is 0 Å². The molecular weight excluding hydrogens is 252 g/mol.